The molecule has 0 saturated heterocycles. The normalized spacial score (nSPS) is 13.8. The minimum atomic E-state index is -0.815. The molecule has 3 N–H and O–H groups in total. The Morgan fingerprint density at radius 3 is 1.11 bits per heavy atom. The Balaban J connectivity index is 4.70. The standard InChI is InChI=1S/C66H115NO5/c1-4-7-10-13-16-19-22-25-28-31-32-35-38-41-44-47-50-53-56-59-66(71)72-62(57-54-51-48-45-42-39-36-33-29-26-23-20-17-14-11-8-5-2)60-65(70)67-63(61-68)64(69)58-55-52-49-46-43-40-37-34-30-27-24-21-18-15-12-9-6-3/h16-17,19-20,25-26,28-29,32,35-36,39,41,44-45,48,62-64,68-69H,4-15,18,21-24,27,30-31,33-34,37-38,40,42-43,46-47,49-61H2,1-3H3,(H,67,70)/b19-16-,20-17-,28-25-,29-26-,35-32-,39-36-,44-41-,48-45-. The lowest BCUT2D eigenvalue weighted by molar-refractivity contribution is -0.151. The second kappa shape index (κ2) is 58.7. The van der Waals surface area contributed by atoms with Crippen molar-refractivity contribution in [3.63, 3.8) is 0 Å². The van der Waals surface area contributed by atoms with Gasteiger partial charge < -0.3 is 20.3 Å². The van der Waals surface area contributed by atoms with Gasteiger partial charge in [0.1, 0.15) is 6.10 Å². The van der Waals surface area contributed by atoms with Crippen LogP contribution >= 0.6 is 0 Å². The molecule has 1 amide bonds. The van der Waals surface area contributed by atoms with Gasteiger partial charge in [0, 0.05) is 6.42 Å². The third-order valence-corrected chi connectivity index (χ3v) is 13.4. The van der Waals surface area contributed by atoms with Gasteiger partial charge in [-0.25, -0.2) is 0 Å². The monoisotopic (exact) mass is 1000 g/mol. The Morgan fingerprint density at radius 1 is 0.403 bits per heavy atom. The van der Waals surface area contributed by atoms with Crippen LogP contribution in [0.5, 0.6) is 0 Å². The van der Waals surface area contributed by atoms with Gasteiger partial charge in [0.15, 0.2) is 0 Å². The van der Waals surface area contributed by atoms with Crippen LogP contribution in [0.4, 0.5) is 0 Å². The van der Waals surface area contributed by atoms with Crippen LogP contribution in [0.15, 0.2) is 97.2 Å². The van der Waals surface area contributed by atoms with Crippen LogP contribution in [0.2, 0.25) is 0 Å². The van der Waals surface area contributed by atoms with Crippen LogP contribution in [0.25, 0.3) is 0 Å². The molecular formula is C66H115NO5. The van der Waals surface area contributed by atoms with E-state index in [4.69, 9.17) is 4.74 Å². The van der Waals surface area contributed by atoms with Gasteiger partial charge in [-0.05, 0) is 109 Å². The molecule has 0 aliphatic heterocycles. The van der Waals surface area contributed by atoms with Gasteiger partial charge in [-0.15, -0.1) is 0 Å². The van der Waals surface area contributed by atoms with E-state index in [1.54, 1.807) is 0 Å². The predicted molar refractivity (Wildman–Crippen MR) is 314 cm³/mol. The summed E-state index contributed by atoms with van der Waals surface area (Å²) in [6, 6.07) is -0.733. The van der Waals surface area contributed by atoms with Crippen molar-refractivity contribution in [3.8, 4) is 0 Å². The molecular weight excluding hydrogens is 887 g/mol. The number of amides is 1. The van der Waals surface area contributed by atoms with Crippen molar-refractivity contribution in [1.82, 2.24) is 5.32 Å². The molecule has 0 radical (unpaired) electrons. The molecule has 0 saturated carbocycles. The van der Waals surface area contributed by atoms with E-state index in [-0.39, 0.29) is 24.9 Å². The van der Waals surface area contributed by atoms with E-state index in [0.29, 0.717) is 19.3 Å². The molecule has 414 valence electrons. The molecule has 0 aromatic carbocycles. The number of carbonyl (C=O) groups excluding carboxylic acids is 2. The van der Waals surface area contributed by atoms with E-state index < -0.39 is 18.2 Å². The van der Waals surface area contributed by atoms with Gasteiger partial charge in [-0.1, -0.05) is 259 Å². The highest BCUT2D eigenvalue weighted by molar-refractivity contribution is 5.77. The van der Waals surface area contributed by atoms with E-state index in [9.17, 15) is 19.8 Å². The highest BCUT2D eigenvalue weighted by Gasteiger charge is 2.24. The van der Waals surface area contributed by atoms with Gasteiger partial charge >= 0.3 is 5.97 Å². The summed E-state index contributed by atoms with van der Waals surface area (Å²) in [6.07, 6.45) is 79.0. The summed E-state index contributed by atoms with van der Waals surface area (Å²) < 4.78 is 5.93. The summed E-state index contributed by atoms with van der Waals surface area (Å²) in [5.74, 6) is -0.564. The molecule has 0 aromatic heterocycles. The fourth-order valence-corrected chi connectivity index (χ4v) is 8.76. The topological polar surface area (TPSA) is 95.9 Å². The first-order chi connectivity index (χ1) is 35.5. The number of aliphatic hydroxyl groups is 2. The van der Waals surface area contributed by atoms with Gasteiger partial charge in [0.05, 0.1) is 25.2 Å². The summed E-state index contributed by atoms with van der Waals surface area (Å²) in [5.41, 5.74) is 0. The van der Waals surface area contributed by atoms with Gasteiger partial charge in [0.2, 0.25) is 5.91 Å². The zero-order valence-electron chi connectivity index (χ0n) is 47.3. The second-order valence-corrected chi connectivity index (χ2v) is 20.4. The van der Waals surface area contributed by atoms with Crippen LogP contribution < -0.4 is 5.32 Å². The van der Waals surface area contributed by atoms with Gasteiger partial charge in [-0.2, -0.15) is 0 Å². The molecule has 0 fully saturated rings. The molecule has 72 heavy (non-hydrogen) atoms. The molecule has 3 unspecified atom stereocenters. The van der Waals surface area contributed by atoms with Crippen molar-refractivity contribution in [2.45, 2.75) is 302 Å². The lowest BCUT2D eigenvalue weighted by atomic mass is 10.0. The van der Waals surface area contributed by atoms with Crippen LogP contribution in [0.3, 0.4) is 0 Å². The largest absolute Gasteiger partial charge is 0.462 e. The third kappa shape index (κ3) is 53.1. The molecule has 0 bridgehead atoms. The van der Waals surface area contributed by atoms with E-state index in [0.717, 1.165) is 96.3 Å². The number of allylic oxidation sites excluding steroid dienone is 16. The molecule has 0 rings (SSSR count). The second-order valence-electron chi connectivity index (χ2n) is 20.4. The summed E-state index contributed by atoms with van der Waals surface area (Å²) in [6.45, 7) is 6.43. The highest BCUT2D eigenvalue weighted by atomic mass is 16.5. The molecule has 0 aliphatic rings. The number of esters is 1. The van der Waals surface area contributed by atoms with Gasteiger partial charge in [-0.3, -0.25) is 9.59 Å². The third-order valence-electron chi connectivity index (χ3n) is 13.4. The Bertz CT molecular complexity index is 1400. The Kier molecular flexibility index (Phi) is 56.0. The molecule has 0 spiro atoms. The van der Waals surface area contributed by atoms with Crippen molar-refractivity contribution in [1.29, 1.82) is 0 Å². The Hall–Kier alpha value is -3.22. The Labute approximate surface area is 446 Å². The number of nitrogens with one attached hydrogen (secondary N) is 1. The summed E-state index contributed by atoms with van der Waals surface area (Å²) >= 11 is 0. The van der Waals surface area contributed by atoms with Crippen LogP contribution in [-0.4, -0.2) is 46.9 Å². The quantitative estimate of drug-likeness (QED) is 0.0321. The number of carbonyl (C=O) groups is 2. The maximum Gasteiger partial charge on any atom is 0.306 e. The summed E-state index contributed by atoms with van der Waals surface area (Å²) in [5, 5.41) is 23.9. The van der Waals surface area contributed by atoms with Crippen LogP contribution in [0, 0.1) is 0 Å². The average molecular weight is 1000 g/mol. The SMILES string of the molecule is CCCCC/C=C\C/C=C\C/C=C\C/C=C\CCCCCC(=O)OC(CCC/C=C\C/C=C\C/C=C\C/C=C\CCCCC)CC(=O)NC(CO)C(O)CCCCCCCCCCCCCCCCCCC. The van der Waals surface area contributed by atoms with Crippen LogP contribution in [0.1, 0.15) is 284 Å². The minimum Gasteiger partial charge on any atom is -0.462 e. The number of rotatable bonds is 54. The zero-order chi connectivity index (χ0) is 52.3. The number of ether oxygens (including phenoxy) is 1. The number of hydrogen-bond donors (Lipinski definition) is 3. The predicted octanol–water partition coefficient (Wildman–Crippen LogP) is 19.2. The van der Waals surface area contributed by atoms with E-state index >= 15 is 0 Å². The smallest absolute Gasteiger partial charge is 0.306 e. The molecule has 0 aliphatic carbocycles. The van der Waals surface area contributed by atoms with E-state index in [1.165, 1.54) is 141 Å². The van der Waals surface area contributed by atoms with Crippen molar-refractivity contribution in [2.75, 3.05) is 6.61 Å². The molecule has 0 aromatic rings. The number of hydrogen-bond acceptors (Lipinski definition) is 5. The van der Waals surface area contributed by atoms with Gasteiger partial charge in [0.25, 0.3) is 0 Å². The number of unbranched alkanes of at least 4 members (excludes halogenated alkanes) is 26. The average Bonchev–Trinajstić information content (AvgIpc) is 3.37. The van der Waals surface area contributed by atoms with Crippen molar-refractivity contribution in [3.05, 3.63) is 97.2 Å². The van der Waals surface area contributed by atoms with Crippen molar-refractivity contribution >= 4 is 11.9 Å². The molecule has 6 nitrogen and oxygen atoms in total. The maximum atomic E-state index is 13.3. The summed E-state index contributed by atoms with van der Waals surface area (Å²) in [4.78, 5) is 26.3. The minimum absolute atomic E-state index is 0.0226. The lowest BCUT2D eigenvalue weighted by Gasteiger charge is -2.24. The zero-order valence-corrected chi connectivity index (χ0v) is 47.3. The Morgan fingerprint density at radius 2 is 0.722 bits per heavy atom. The first-order valence-electron chi connectivity index (χ1n) is 30.5. The maximum absolute atomic E-state index is 13.3. The van der Waals surface area contributed by atoms with Crippen molar-refractivity contribution < 1.29 is 24.5 Å². The van der Waals surface area contributed by atoms with E-state index in [1.807, 2.05) is 0 Å². The molecule has 3 atom stereocenters. The molecule has 6 heteroatoms. The highest BCUT2D eigenvalue weighted by Crippen LogP contribution is 2.17. The lowest BCUT2D eigenvalue weighted by Crippen LogP contribution is -2.46. The summed E-state index contributed by atoms with van der Waals surface area (Å²) in [7, 11) is 0. The molecule has 0 heterocycles. The number of aliphatic hydroxyl groups excluding tert-OH is 2. The van der Waals surface area contributed by atoms with E-state index in [2.05, 4.69) is 123 Å². The fourth-order valence-electron chi connectivity index (χ4n) is 8.76. The first kappa shape index (κ1) is 68.8. The first-order valence-corrected chi connectivity index (χ1v) is 30.5. The fraction of sp³-hybridized carbons (Fsp3) is 0.727. The van der Waals surface area contributed by atoms with Crippen LogP contribution in [-0.2, 0) is 14.3 Å². The van der Waals surface area contributed by atoms with Crippen molar-refractivity contribution in [2.24, 2.45) is 0 Å².